The summed E-state index contributed by atoms with van der Waals surface area (Å²) < 4.78 is 1.39. The zero-order chi connectivity index (χ0) is 15.0. The molecular formula is C13H9N5O3. The number of aromatic nitrogens is 4. The number of aromatic carboxylic acids is 1. The third-order valence-electron chi connectivity index (χ3n) is 2.92. The van der Waals surface area contributed by atoms with Gasteiger partial charge in [0.2, 0.25) is 0 Å². The number of nitrogens with two attached hydrogens (primary N) is 1. The van der Waals surface area contributed by atoms with Crippen molar-refractivity contribution in [1.29, 1.82) is 0 Å². The van der Waals surface area contributed by atoms with E-state index in [9.17, 15) is 9.59 Å². The fourth-order valence-electron chi connectivity index (χ4n) is 1.93. The van der Waals surface area contributed by atoms with Gasteiger partial charge < -0.3 is 10.8 Å². The molecule has 2 heterocycles. The molecule has 0 bridgehead atoms. The molecule has 0 radical (unpaired) electrons. The highest BCUT2D eigenvalue weighted by atomic mass is 16.4. The van der Waals surface area contributed by atoms with Crippen LogP contribution in [0.1, 0.15) is 20.8 Å². The maximum Gasteiger partial charge on any atom is 0.335 e. The first-order chi connectivity index (χ1) is 10.1. The molecule has 3 rings (SSSR count). The first-order valence-corrected chi connectivity index (χ1v) is 5.90. The van der Waals surface area contributed by atoms with Gasteiger partial charge in [-0.25, -0.2) is 19.4 Å². The number of carboxylic acid groups (broad SMARTS) is 1. The molecule has 3 aromatic rings. The van der Waals surface area contributed by atoms with Crippen molar-refractivity contribution in [3.8, 4) is 5.82 Å². The van der Waals surface area contributed by atoms with Crippen LogP contribution in [0.15, 0.2) is 36.8 Å². The Labute approximate surface area is 117 Å². The van der Waals surface area contributed by atoms with E-state index in [1.807, 2.05) is 0 Å². The first-order valence-electron chi connectivity index (χ1n) is 5.90. The Kier molecular flexibility index (Phi) is 2.83. The maximum atomic E-state index is 11.1. The zero-order valence-electron chi connectivity index (χ0n) is 10.6. The first kappa shape index (κ1) is 12.7. The summed E-state index contributed by atoms with van der Waals surface area (Å²) in [5.41, 5.74) is 5.87. The molecule has 0 saturated heterocycles. The smallest absolute Gasteiger partial charge is 0.335 e. The fraction of sp³-hybridized carbons (Fsp3) is 0. The van der Waals surface area contributed by atoms with Crippen LogP contribution in [0, 0.1) is 0 Å². The van der Waals surface area contributed by atoms with Crippen LogP contribution in [0.4, 0.5) is 0 Å². The summed E-state index contributed by atoms with van der Waals surface area (Å²) >= 11 is 0. The van der Waals surface area contributed by atoms with Gasteiger partial charge in [-0.2, -0.15) is 5.10 Å². The highest BCUT2D eigenvalue weighted by Gasteiger charge is 2.12. The molecule has 0 aliphatic heterocycles. The van der Waals surface area contributed by atoms with E-state index < -0.39 is 11.9 Å². The van der Waals surface area contributed by atoms with Crippen molar-refractivity contribution < 1.29 is 14.7 Å². The second-order valence-corrected chi connectivity index (χ2v) is 4.24. The van der Waals surface area contributed by atoms with E-state index in [0.717, 1.165) is 0 Å². The summed E-state index contributed by atoms with van der Waals surface area (Å²) in [5.74, 6) is -1.24. The maximum absolute atomic E-state index is 11.1. The molecule has 0 aliphatic carbocycles. The summed E-state index contributed by atoms with van der Waals surface area (Å²) in [5, 5.41) is 13.6. The molecule has 104 valence electrons. The third kappa shape index (κ3) is 2.18. The van der Waals surface area contributed by atoms with E-state index in [4.69, 9.17) is 10.8 Å². The second kappa shape index (κ2) is 4.67. The summed E-state index contributed by atoms with van der Waals surface area (Å²) in [7, 11) is 0. The molecule has 0 saturated carbocycles. The van der Waals surface area contributed by atoms with Gasteiger partial charge in [0.05, 0.1) is 11.1 Å². The van der Waals surface area contributed by atoms with Gasteiger partial charge in [0.25, 0.3) is 5.91 Å². The van der Waals surface area contributed by atoms with E-state index in [0.29, 0.717) is 16.7 Å². The molecule has 8 nitrogen and oxygen atoms in total. The molecule has 0 aliphatic rings. The molecule has 21 heavy (non-hydrogen) atoms. The van der Waals surface area contributed by atoms with E-state index >= 15 is 0 Å². The number of carbonyl (C=O) groups is 2. The predicted molar refractivity (Wildman–Crippen MR) is 72.1 cm³/mol. The average Bonchev–Trinajstić information content (AvgIpc) is 2.95. The van der Waals surface area contributed by atoms with E-state index in [2.05, 4.69) is 15.1 Å². The number of amides is 1. The second-order valence-electron chi connectivity index (χ2n) is 4.24. The Morgan fingerprint density at radius 1 is 1.19 bits per heavy atom. The topological polar surface area (TPSA) is 124 Å². The number of hydrogen-bond donors (Lipinski definition) is 2. The minimum absolute atomic E-state index is 0.115. The van der Waals surface area contributed by atoms with Crippen LogP contribution < -0.4 is 5.73 Å². The molecule has 0 fully saturated rings. The molecule has 8 heteroatoms. The van der Waals surface area contributed by atoms with Crippen LogP contribution in [0.3, 0.4) is 0 Å². The summed E-state index contributed by atoms with van der Waals surface area (Å²) in [6.45, 7) is 0. The SMILES string of the molecule is NC(=O)c1ccn(-c2ncnc3cc(C(=O)O)ccc23)n1. The molecular weight excluding hydrogens is 274 g/mol. The van der Waals surface area contributed by atoms with Crippen LogP contribution in [0.25, 0.3) is 16.7 Å². The Bertz CT molecular complexity index is 871. The average molecular weight is 283 g/mol. The van der Waals surface area contributed by atoms with Crippen molar-refractivity contribution in [2.75, 3.05) is 0 Å². The van der Waals surface area contributed by atoms with Gasteiger partial charge >= 0.3 is 5.97 Å². The number of rotatable bonds is 3. The largest absolute Gasteiger partial charge is 0.478 e. The number of carboxylic acids is 1. The van der Waals surface area contributed by atoms with Gasteiger partial charge in [-0.15, -0.1) is 0 Å². The minimum Gasteiger partial charge on any atom is -0.478 e. The lowest BCUT2D eigenvalue weighted by Gasteiger charge is -2.05. The fourth-order valence-corrected chi connectivity index (χ4v) is 1.93. The highest BCUT2D eigenvalue weighted by molar-refractivity contribution is 5.95. The van der Waals surface area contributed by atoms with Gasteiger partial charge in [0.1, 0.15) is 12.0 Å². The molecule has 3 N–H and O–H groups in total. The third-order valence-corrected chi connectivity index (χ3v) is 2.92. The number of hydrogen-bond acceptors (Lipinski definition) is 5. The number of benzene rings is 1. The zero-order valence-corrected chi connectivity index (χ0v) is 10.6. The molecule has 1 aromatic carbocycles. The predicted octanol–water partition coefficient (Wildman–Crippen LogP) is 0.613. The standard InChI is InChI=1S/C13H9N5O3/c14-11(19)9-3-4-18(17-9)12-8-2-1-7(13(20)21)5-10(8)15-6-16-12/h1-6H,(H2,14,19)(H,20,21). The lowest BCUT2D eigenvalue weighted by molar-refractivity contribution is 0.0696. The van der Waals surface area contributed by atoms with E-state index in [1.54, 1.807) is 12.3 Å². The van der Waals surface area contributed by atoms with Crippen molar-refractivity contribution in [2.45, 2.75) is 0 Å². The van der Waals surface area contributed by atoms with Crippen LogP contribution in [-0.4, -0.2) is 36.7 Å². The number of carbonyl (C=O) groups excluding carboxylic acids is 1. The van der Waals surface area contributed by atoms with Crippen LogP contribution in [-0.2, 0) is 0 Å². The Morgan fingerprint density at radius 2 is 2.00 bits per heavy atom. The molecule has 0 atom stereocenters. The summed E-state index contributed by atoms with van der Waals surface area (Å²) in [4.78, 5) is 30.2. The van der Waals surface area contributed by atoms with E-state index in [1.165, 1.54) is 29.2 Å². The van der Waals surface area contributed by atoms with Gasteiger partial charge in [0, 0.05) is 11.6 Å². The molecule has 1 amide bonds. The van der Waals surface area contributed by atoms with E-state index in [-0.39, 0.29) is 11.3 Å². The van der Waals surface area contributed by atoms with Gasteiger partial charge in [-0.1, -0.05) is 0 Å². The van der Waals surface area contributed by atoms with Crippen molar-refractivity contribution in [2.24, 2.45) is 5.73 Å². The Hall–Kier alpha value is -3.29. The molecule has 2 aromatic heterocycles. The van der Waals surface area contributed by atoms with Gasteiger partial charge in [-0.05, 0) is 24.3 Å². The molecule has 0 unspecified atom stereocenters. The minimum atomic E-state index is -1.04. The number of fused-ring (bicyclic) bond motifs is 1. The van der Waals surface area contributed by atoms with Crippen molar-refractivity contribution in [3.05, 3.63) is 48.0 Å². The number of primary amides is 1. The van der Waals surface area contributed by atoms with Gasteiger partial charge in [0.15, 0.2) is 5.82 Å². The quantitative estimate of drug-likeness (QED) is 0.725. The van der Waals surface area contributed by atoms with Crippen LogP contribution in [0.2, 0.25) is 0 Å². The number of nitrogens with zero attached hydrogens (tertiary/aromatic N) is 4. The molecule has 0 spiro atoms. The van der Waals surface area contributed by atoms with Crippen LogP contribution in [0.5, 0.6) is 0 Å². The van der Waals surface area contributed by atoms with Gasteiger partial charge in [-0.3, -0.25) is 4.79 Å². The highest BCUT2D eigenvalue weighted by Crippen LogP contribution is 2.19. The monoisotopic (exact) mass is 283 g/mol. The van der Waals surface area contributed by atoms with Crippen LogP contribution >= 0.6 is 0 Å². The lowest BCUT2D eigenvalue weighted by Crippen LogP contribution is -2.12. The van der Waals surface area contributed by atoms with Crippen molar-refractivity contribution in [1.82, 2.24) is 19.7 Å². The summed E-state index contributed by atoms with van der Waals surface area (Å²) in [6, 6.07) is 5.97. The lowest BCUT2D eigenvalue weighted by atomic mass is 10.1. The Balaban J connectivity index is 2.18. The summed E-state index contributed by atoms with van der Waals surface area (Å²) in [6.07, 6.45) is 2.85. The van der Waals surface area contributed by atoms with Crippen molar-refractivity contribution in [3.63, 3.8) is 0 Å². The van der Waals surface area contributed by atoms with Crippen molar-refractivity contribution >= 4 is 22.8 Å². The normalized spacial score (nSPS) is 10.7. The Morgan fingerprint density at radius 3 is 2.67 bits per heavy atom.